The van der Waals surface area contributed by atoms with Gasteiger partial charge in [-0.1, -0.05) is 15.9 Å². The van der Waals surface area contributed by atoms with Gasteiger partial charge in [0.1, 0.15) is 11.5 Å². The largest absolute Gasteiger partial charge is 0.482 e. The van der Waals surface area contributed by atoms with Gasteiger partial charge in [0.2, 0.25) is 5.76 Å². The van der Waals surface area contributed by atoms with E-state index in [4.69, 9.17) is 14.3 Å². The summed E-state index contributed by atoms with van der Waals surface area (Å²) in [5.74, 6) is 0.109. The monoisotopic (exact) mass is 338 g/mol. The number of carbonyl (C=O) groups is 1. The molecule has 1 unspecified atom stereocenters. The molecule has 0 radical (unpaired) electrons. The highest BCUT2D eigenvalue weighted by Crippen LogP contribution is 2.31. The van der Waals surface area contributed by atoms with Crippen molar-refractivity contribution in [3.63, 3.8) is 0 Å². The Bertz CT molecular complexity index is 622. The maximum Gasteiger partial charge on any atom is 0.371 e. The number of rotatable bonds is 4. The molecule has 0 spiro atoms. The maximum atomic E-state index is 10.8. The fourth-order valence-electron chi connectivity index (χ4n) is 2.00. The zero-order valence-corrected chi connectivity index (χ0v) is 13.0. The molecule has 0 fully saturated rings. The first-order valence-electron chi connectivity index (χ1n) is 6.15. The smallest absolute Gasteiger partial charge is 0.371 e. The van der Waals surface area contributed by atoms with E-state index in [1.165, 1.54) is 6.07 Å². The van der Waals surface area contributed by atoms with E-state index in [1.54, 1.807) is 6.07 Å². The van der Waals surface area contributed by atoms with Crippen LogP contribution < -0.4 is 4.74 Å². The number of halogens is 1. The number of carboxylic acids is 1. The van der Waals surface area contributed by atoms with Crippen LogP contribution in [0.25, 0.3) is 0 Å². The minimum atomic E-state index is -1.08. The normalized spacial score (nSPS) is 12.2. The Balaban J connectivity index is 2.23. The average molecular weight is 339 g/mol. The third-order valence-electron chi connectivity index (χ3n) is 2.96. The van der Waals surface area contributed by atoms with Crippen molar-refractivity contribution < 1.29 is 19.1 Å². The van der Waals surface area contributed by atoms with E-state index in [0.29, 0.717) is 5.76 Å². The Morgan fingerprint density at radius 1 is 1.30 bits per heavy atom. The minimum absolute atomic E-state index is 0.0836. The number of hydrogen-bond donors (Lipinski definition) is 1. The number of carboxylic acid groups (broad SMARTS) is 1. The van der Waals surface area contributed by atoms with Crippen LogP contribution in [0.4, 0.5) is 0 Å². The van der Waals surface area contributed by atoms with Crippen molar-refractivity contribution in [2.24, 2.45) is 0 Å². The molecule has 4 nitrogen and oxygen atoms in total. The predicted molar refractivity (Wildman–Crippen MR) is 78.3 cm³/mol. The summed E-state index contributed by atoms with van der Waals surface area (Å²) in [6.45, 7) is 5.75. The Morgan fingerprint density at radius 3 is 2.40 bits per heavy atom. The van der Waals surface area contributed by atoms with Gasteiger partial charge in [0.05, 0.1) is 0 Å². The lowest BCUT2D eigenvalue weighted by molar-refractivity contribution is 0.0655. The Hall–Kier alpha value is -1.75. The fraction of sp³-hybridized carbons (Fsp3) is 0.267. The number of hydrogen-bond acceptors (Lipinski definition) is 3. The Labute approximate surface area is 125 Å². The minimum Gasteiger partial charge on any atom is -0.482 e. The van der Waals surface area contributed by atoms with Crippen LogP contribution in [-0.4, -0.2) is 11.1 Å². The summed E-state index contributed by atoms with van der Waals surface area (Å²) in [5, 5.41) is 8.85. The summed E-state index contributed by atoms with van der Waals surface area (Å²) in [6.07, 6.45) is -0.360. The molecule has 0 saturated carbocycles. The van der Waals surface area contributed by atoms with Crippen LogP contribution >= 0.6 is 15.9 Å². The quantitative estimate of drug-likeness (QED) is 0.891. The van der Waals surface area contributed by atoms with Crippen molar-refractivity contribution in [3.05, 3.63) is 51.4 Å². The lowest BCUT2D eigenvalue weighted by Crippen LogP contribution is -2.04. The molecule has 0 amide bonds. The van der Waals surface area contributed by atoms with Crippen LogP contribution in [0.5, 0.6) is 5.75 Å². The number of aromatic carboxylic acids is 1. The van der Waals surface area contributed by atoms with E-state index in [9.17, 15) is 4.79 Å². The van der Waals surface area contributed by atoms with Gasteiger partial charge in [-0.15, -0.1) is 0 Å². The van der Waals surface area contributed by atoms with Gasteiger partial charge < -0.3 is 14.3 Å². The van der Waals surface area contributed by atoms with Gasteiger partial charge >= 0.3 is 5.97 Å². The zero-order chi connectivity index (χ0) is 14.9. The zero-order valence-electron chi connectivity index (χ0n) is 11.4. The topological polar surface area (TPSA) is 59.7 Å². The molecule has 1 atom stereocenters. The number of ether oxygens (including phenoxy) is 1. The second kappa shape index (κ2) is 5.71. The van der Waals surface area contributed by atoms with Crippen LogP contribution in [-0.2, 0) is 0 Å². The second-order valence-corrected chi connectivity index (χ2v) is 5.55. The Morgan fingerprint density at radius 2 is 1.90 bits per heavy atom. The highest BCUT2D eigenvalue weighted by Gasteiger charge is 2.17. The molecular weight excluding hydrogens is 324 g/mol. The second-order valence-electron chi connectivity index (χ2n) is 4.64. The van der Waals surface area contributed by atoms with Gasteiger partial charge in [0.15, 0.2) is 6.10 Å². The summed E-state index contributed by atoms with van der Waals surface area (Å²) in [6, 6.07) is 7.00. The van der Waals surface area contributed by atoms with Crippen molar-refractivity contribution in [2.45, 2.75) is 26.9 Å². The van der Waals surface area contributed by atoms with Crippen LogP contribution in [0.3, 0.4) is 0 Å². The van der Waals surface area contributed by atoms with E-state index in [-0.39, 0.29) is 11.9 Å². The van der Waals surface area contributed by atoms with E-state index in [1.807, 2.05) is 32.9 Å². The lowest BCUT2D eigenvalue weighted by atomic mass is 10.1. The summed E-state index contributed by atoms with van der Waals surface area (Å²) >= 11 is 3.44. The first-order valence-corrected chi connectivity index (χ1v) is 6.94. The van der Waals surface area contributed by atoms with Gasteiger partial charge in [-0.3, -0.25) is 0 Å². The number of aryl methyl sites for hydroxylation is 2. The number of benzene rings is 1. The number of furan rings is 1. The van der Waals surface area contributed by atoms with Crippen LogP contribution in [0.2, 0.25) is 0 Å². The maximum absolute atomic E-state index is 10.8. The molecule has 0 aliphatic rings. The van der Waals surface area contributed by atoms with E-state index in [0.717, 1.165) is 21.3 Å². The summed E-state index contributed by atoms with van der Waals surface area (Å²) in [5.41, 5.74) is 2.02. The van der Waals surface area contributed by atoms with Crippen molar-refractivity contribution in [1.82, 2.24) is 0 Å². The van der Waals surface area contributed by atoms with Crippen molar-refractivity contribution >= 4 is 21.9 Å². The van der Waals surface area contributed by atoms with Gasteiger partial charge in [0, 0.05) is 4.47 Å². The van der Waals surface area contributed by atoms with Crippen LogP contribution in [0.15, 0.2) is 33.2 Å². The molecule has 0 aliphatic heterocycles. The van der Waals surface area contributed by atoms with Crippen LogP contribution in [0, 0.1) is 13.8 Å². The third kappa shape index (κ3) is 3.04. The van der Waals surface area contributed by atoms with Crippen molar-refractivity contribution in [2.75, 3.05) is 0 Å². The predicted octanol–water partition coefficient (Wildman–Crippen LogP) is 4.50. The molecule has 1 N–H and O–H groups in total. The highest BCUT2D eigenvalue weighted by atomic mass is 79.9. The lowest BCUT2D eigenvalue weighted by Gasteiger charge is -2.17. The van der Waals surface area contributed by atoms with Crippen LogP contribution in [0.1, 0.15) is 40.5 Å². The third-order valence-corrected chi connectivity index (χ3v) is 3.42. The molecule has 0 aliphatic carbocycles. The van der Waals surface area contributed by atoms with Gasteiger partial charge in [0.25, 0.3) is 0 Å². The average Bonchev–Trinajstić information content (AvgIpc) is 2.83. The highest BCUT2D eigenvalue weighted by molar-refractivity contribution is 9.10. The molecule has 1 aromatic heterocycles. The molecule has 1 heterocycles. The molecule has 2 aromatic rings. The van der Waals surface area contributed by atoms with Crippen molar-refractivity contribution in [1.29, 1.82) is 0 Å². The van der Waals surface area contributed by atoms with Gasteiger partial charge in [-0.05, 0) is 56.2 Å². The molecule has 1 aromatic carbocycles. The van der Waals surface area contributed by atoms with E-state index >= 15 is 0 Å². The molecule has 0 saturated heterocycles. The fourth-order valence-corrected chi connectivity index (χ4v) is 2.69. The molecule has 2 rings (SSSR count). The summed E-state index contributed by atoms with van der Waals surface area (Å²) in [4.78, 5) is 10.8. The first-order chi connectivity index (χ1) is 9.38. The van der Waals surface area contributed by atoms with Crippen molar-refractivity contribution in [3.8, 4) is 5.75 Å². The molecule has 0 bridgehead atoms. The summed E-state index contributed by atoms with van der Waals surface area (Å²) in [7, 11) is 0. The Kier molecular flexibility index (Phi) is 4.18. The van der Waals surface area contributed by atoms with E-state index < -0.39 is 5.97 Å². The van der Waals surface area contributed by atoms with E-state index in [2.05, 4.69) is 15.9 Å². The standard InChI is InChI=1S/C15H15BrO4/c1-8-6-11(16)7-9(2)14(8)19-10(3)12-4-5-13(20-12)15(17)18/h4-7,10H,1-3H3,(H,17,18). The first kappa shape index (κ1) is 14.7. The molecule has 106 valence electrons. The molecular formula is C15H15BrO4. The summed E-state index contributed by atoms with van der Waals surface area (Å²) < 4.78 is 12.2. The van der Waals surface area contributed by atoms with Gasteiger partial charge in [-0.2, -0.15) is 0 Å². The molecule has 5 heteroatoms. The molecule has 20 heavy (non-hydrogen) atoms. The SMILES string of the molecule is Cc1cc(Br)cc(C)c1OC(C)c1ccc(C(=O)O)o1. The van der Waals surface area contributed by atoms with Gasteiger partial charge in [-0.25, -0.2) is 4.79 Å².